The number of halogens is 3. The minimum absolute atomic E-state index is 0.369. The second kappa shape index (κ2) is 6.57. The third-order valence-electron chi connectivity index (χ3n) is 1.70. The molecule has 1 aromatic rings. The van der Waals surface area contributed by atoms with Gasteiger partial charge < -0.3 is 10.6 Å². The van der Waals surface area contributed by atoms with Crippen LogP contribution >= 0.6 is 15.9 Å². The van der Waals surface area contributed by atoms with Crippen LogP contribution in [0.1, 0.15) is 13.3 Å². The van der Waals surface area contributed by atoms with Gasteiger partial charge in [-0.3, -0.25) is 0 Å². The third kappa shape index (κ3) is 4.26. The van der Waals surface area contributed by atoms with Crippen LogP contribution in [0.4, 0.5) is 20.5 Å². The van der Waals surface area contributed by atoms with Gasteiger partial charge in [-0.05, 0) is 22.4 Å². The average molecular weight is 295 g/mol. The highest BCUT2D eigenvalue weighted by molar-refractivity contribution is 9.10. The van der Waals surface area contributed by atoms with E-state index in [1.807, 2.05) is 6.92 Å². The molecule has 0 unspecified atom stereocenters. The predicted molar refractivity (Wildman–Crippen MR) is 63.0 cm³/mol. The molecular weight excluding hydrogens is 282 g/mol. The maximum Gasteiger partial charge on any atom is 0.255 e. The van der Waals surface area contributed by atoms with Crippen LogP contribution in [0.25, 0.3) is 0 Å². The van der Waals surface area contributed by atoms with Crippen molar-refractivity contribution in [1.82, 2.24) is 9.97 Å². The van der Waals surface area contributed by atoms with Gasteiger partial charge in [-0.1, -0.05) is 6.92 Å². The van der Waals surface area contributed by atoms with Crippen LogP contribution in [-0.4, -0.2) is 29.5 Å². The predicted octanol–water partition coefficient (Wildman–Crippen LogP) is 2.74. The monoisotopic (exact) mass is 294 g/mol. The van der Waals surface area contributed by atoms with Crippen molar-refractivity contribution >= 4 is 27.7 Å². The number of nitrogens with one attached hydrogen (secondary N) is 2. The Bertz CT molecular complexity index is 335. The molecule has 0 aliphatic carbocycles. The van der Waals surface area contributed by atoms with Gasteiger partial charge >= 0.3 is 0 Å². The molecule has 0 spiro atoms. The highest BCUT2D eigenvalue weighted by atomic mass is 79.9. The fraction of sp³-hybridized carbons (Fsp3) is 0.556. The maximum absolute atomic E-state index is 12.0. The van der Waals surface area contributed by atoms with E-state index in [0.717, 1.165) is 13.0 Å². The van der Waals surface area contributed by atoms with Crippen molar-refractivity contribution in [3.63, 3.8) is 0 Å². The lowest BCUT2D eigenvalue weighted by molar-refractivity contribution is 0.163. The second-order valence-electron chi connectivity index (χ2n) is 3.09. The third-order valence-corrected chi connectivity index (χ3v) is 2.28. The first-order valence-electron chi connectivity index (χ1n) is 4.92. The van der Waals surface area contributed by atoms with Gasteiger partial charge in [0.05, 0.1) is 11.0 Å². The number of hydrogen-bond acceptors (Lipinski definition) is 4. The largest absolute Gasteiger partial charge is 0.363 e. The first-order chi connectivity index (χ1) is 7.63. The van der Waals surface area contributed by atoms with Crippen molar-refractivity contribution in [2.45, 2.75) is 19.8 Å². The van der Waals surface area contributed by atoms with E-state index in [9.17, 15) is 8.78 Å². The topological polar surface area (TPSA) is 49.8 Å². The first-order valence-corrected chi connectivity index (χ1v) is 5.71. The van der Waals surface area contributed by atoms with Crippen molar-refractivity contribution in [1.29, 1.82) is 0 Å². The molecule has 90 valence electrons. The van der Waals surface area contributed by atoms with Gasteiger partial charge in [0.15, 0.2) is 0 Å². The summed E-state index contributed by atoms with van der Waals surface area (Å²) >= 11 is 3.19. The number of anilines is 2. The van der Waals surface area contributed by atoms with Gasteiger partial charge in [0, 0.05) is 12.7 Å². The lowest BCUT2D eigenvalue weighted by Crippen LogP contribution is -2.13. The normalized spacial score (nSPS) is 10.6. The first kappa shape index (κ1) is 13.1. The average Bonchev–Trinajstić information content (AvgIpc) is 2.26. The zero-order valence-corrected chi connectivity index (χ0v) is 10.4. The summed E-state index contributed by atoms with van der Waals surface area (Å²) in [5.74, 6) is 0.802. The van der Waals surface area contributed by atoms with Crippen LogP contribution in [0, 0.1) is 0 Å². The Morgan fingerprint density at radius 1 is 1.44 bits per heavy atom. The molecule has 0 aliphatic rings. The van der Waals surface area contributed by atoms with Crippen molar-refractivity contribution in [2.24, 2.45) is 0 Å². The van der Waals surface area contributed by atoms with Crippen molar-refractivity contribution in [3.05, 3.63) is 10.7 Å². The van der Waals surface area contributed by atoms with Gasteiger partial charge in [0.1, 0.15) is 5.82 Å². The molecule has 1 rings (SSSR count). The Balaban J connectivity index is 2.66. The van der Waals surface area contributed by atoms with Gasteiger partial charge in [-0.25, -0.2) is 13.8 Å². The molecule has 1 aromatic heterocycles. The molecule has 0 aromatic carbocycles. The SMILES string of the molecule is CCCNc1ncc(Br)c(NCC(F)F)n1. The quantitative estimate of drug-likeness (QED) is 0.847. The van der Waals surface area contributed by atoms with Crippen LogP contribution in [0.2, 0.25) is 0 Å². The van der Waals surface area contributed by atoms with Crippen LogP contribution in [0.15, 0.2) is 10.7 Å². The minimum Gasteiger partial charge on any atom is -0.363 e. The van der Waals surface area contributed by atoms with Crippen LogP contribution in [0.3, 0.4) is 0 Å². The van der Waals surface area contributed by atoms with Gasteiger partial charge in [-0.15, -0.1) is 0 Å². The summed E-state index contributed by atoms with van der Waals surface area (Å²) in [6, 6.07) is 0. The Kier molecular flexibility index (Phi) is 5.37. The summed E-state index contributed by atoms with van der Waals surface area (Å²) in [6.07, 6.45) is 0.0618. The zero-order valence-electron chi connectivity index (χ0n) is 8.80. The minimum atomic E-state index is -2.41. The van der Waals surface area contributed by atoms with E-state index in [-0.39, 0.29) is 0 Å². The molecule has 1 heterocycles. The number of hydrogen-bond donors (Lipinski definition) is 2. The van der Waals surface area contributed by atoms with Gasteiger partial charge in [0.25, 0.3) is 6.43 Å². The molecule has 4 nitrogen and oxygen atoms in total. The summed E-state index contributed by atoms with van der Waals surface area (Å²) in [5, 5.41) is 5.52. The summed E-state index contributed by atoms with van der Waals surface area (Å²) in [5.41, 5.74) is 0. The van der Waals surface area contributed by atoms with Crippen molar-refractivity contribution < 1.29 is 8.78 Å². The maximum atomic E-state index is 12.0. The second-order valence-corrected chi connectivity index (χ2v) is 3.94. The molecule has 7 heteroatoms. The highest BCUT2D eigenvalue weighted by Crippen LogP contribution is 2.20. The fourth-order valence-electron chi connectivity index (χ4n) is 0.987. The van der Waals surface area contributed by atoms with Crippen LogP contribution < -0.4 is 10.6 Å². The van der Waals surface area contributed by atoms with E-state index < -0.39 is 13.0 Å². The lowest BCUT2D eigenvalue weighted by atomic mass is 10.5. The van der Waals surface area contributed by atoms with Crippen molar-refractivity contribution in [3.8, 4) is 0 Å². The highest BCUT2D eigenvalue weighted by Gasteiger charge is 2.07. The zero-order chi connectivity index (χ0) is 12.0. The van der Waals surface area contributed by atoms with E-state index >= 15 is 0 Å². The molecule has 0 aliphatic heterocycles. The van der Waals surface area contributed by atoms with Gasteiger partial charge in [0.2, 0.25) is 5.95 Å². The molecule has 0 saturated carbocycles. The standard InChI is InChI=1S/C9H13BrF2N4/c1-2-3-13-9-15-4-6(10)8(16-9)14-5-7(11)12/h4,7H,2-3,5H2,1H3,(H2,13,14,15,16). The van der Waals surface area contributed by atoms with E-state index in [1.54, 1.807) is 0 Å². The molecule has 0 amide bonds. The Morgan fingerprint density at radius 2 is 2.19 bits per heavy atom. The van der Waals surface area contributed by atoms with E-state index in [1.165, 1.54) is 6.20 Å². The molecule has 0 bridgehead atoms. The number of aromatic nitrogens is 2. The van der Waals surface area contributed by atoms with E-state index in [4.69, 9.17) is 0 Å². The van der Waals surface area contributed by atoms with Gasteiger partial charge in [-0.2, -0.15) is 4.98 Å². The van der Waals surface area contributed by atoms with E-state index in [2.05, 4.69) is 36.5 Å². The molecular formula is C9H13BrF2N4. The van der Waals surface area contributed by atoms with Crippen LogP contribution in [-0.2, 0) is 0 Å². The summed E-state index contributed by atoms with van der Waals surface area (Å²) in [4.78, 5) is 8.08. The smallest absolute Gasteiger partial charge is 0.255 e. The summed E-state index contributed by atoms with van der Waals surface area (Å²) in [6.45, 7) is 2.33. The Morgan fingerprint density at radius 3 is 2.81 bits per heavy atom. The van der Waals surface area contributed by atoms with Crippen molar-refractivity contribution in [2.75, 3.05) is 23.7 Å². The fourth-order valence-corrected chi connectivity index (χ4v) is 1.32. The molecule has 0 fully saturated rings. The summed E-state index contributed by atoms with van der Waals surface area (Å²) in [7, 11) is 0. The van der Waals surface area contributed by atoms with E-state index in [0.29, 0.717) is 16.2 Å². The molecule has 0 atom stereocenters. The Hall–Kier alpha value is -0.980. The molecule has 0 saturated heterocycles. The number of nitrogens with zero attached hydrogens (tertiary/aromatic N) is 2. The number of rotatable bonds is 6. The van der Waals surface area contributed by atoms with Crippen LogP contribution in [0.5, 0.6) is 0 Å². The molecule has 2 N–H and O–H groups in total. The Labute approximate surface area is 101 Å². The number of alkyl halides is 2. The summed E-state index contributed by atoms with van der Waals surface area (Å²) < 4.78 is 24.6. The molecule has 0 radical (unpaired) electrons. The lowest BCUT2D eigenvalue weighted by Gasteiger charge is -2.09. The molecule has 16 heavy (non-hydrogen) atoms.